The van der Waals surface area contributed by atoms with Gasteiger partial charge in [-0.1, -0.05) is 12.6 Å². The quantitative estimate of drug-likeness (QED) is 0.574. The summed E-state index contributed by atoms with van der Waals surface area (Å²) in [6.45, 7) is 5.98. The molecule has 0 fully saturated rings. The predicted octanol–water partition coefficient (Wildman–Crippen LogP) is 2.42. The highest BCUT2D eigenvalue weighted by Crippen LogP contribution is 2.23. The van der Waals surface area contributed by atoms with Crippen molar-refractivity contribution >= 4 is 11.4 Å². The lowest BCUT2D eigenvalue weighted by Gasteiger charge is -2.09. The van der Waals surface area contributed by atoms with E-state index >= 15 is 0 Å². The Balaban J connectivity index is 3.01. The van der Waals surface area contributed by atoms with Gasteiger partial charge in [-0.3, -0.25) is 0 Å². The van der Waals surface area contributed by atoms with E-state index < -0.39 is 5.82 Å². The number of para-hydroxylation sites is 1. The van der Waals surface area contributed by atoms with E-state index in [2.05, 4.69) is 6.58 Å². The van der Waals surface area contributed by atoms with Crippen LogP contribution >= 0.6 is 0 Å². The van der Waals surface area contributed by atoms with Gasteiger partial charge in [0.2, 0.25) is 0 Å². The Kier molecular flexibility index (Phi) is 2.90. The molecule has 0 amide bonds. The summed E-state index contributed by atoms with van der Waals surface area (Å²) in [5.41, 5.74) is 6.10. The molecule has 0 radical (unpaired) electrons. The molecule has 0 aliphatic rings. The van der Waals surface area contributed by atoms with Crippen molar-refractivity contribution in [1.29, 1.82) is 0 Å². The highest BCUT2D eigenvalue weighted by molar-refractivity contribution is 5.69. The molecule has 0 aliphatic heterocycles. The topological polar surface area (TPSA) is 35.2 Å². The van der Waals surface area contributed by atoms with Gasteiger partial charge in [0.15, 0.2) is 0 Å². The SMILES string of the molecule is C=C(OCC)c1cccc(F)c1N. The molecule has 2 nitrogen and oxygen atoms in total. The lowest BCUT2D eigenvalue weighted by Crippen LogP contribution is -1.98. The maximum atomic E-state index is 13.0. The number of hydrogen-bond donors (Lipinski definition) is 1. The second-order valence-electron chi connectivity index (χ2n) is 2.56. The average Bonchev–Trinajstić information content (AvgIpc) is 2.10. The summed E-state index contributed by atoms with van der Waals surface area (Å²) < 4.78 is 18.1. The van der Waals surface area contributed by atoms with Crippen LogP contribution in [0.2, 0.25) is 0 Å². The normalized spacial score (nSPS) is 9.69. The zero-order valence-corrected chi connectivity index (χ0v) is 7.51. The first kappa shape index (κ1) is 9.58. The van der Waals surface area contributed by atoms with E-state index in [0.717, 1.165) is 0 Å². The van der Waals surface area contributed by atoms with Gasteiger partial charge < -0.3 is 10.5 Å². The van der Waals surface area contributed by atoms with Crippen LogP contribution in [0.3, 0.4) is 0 Å². The van der Waals surface area contributed by atoms with Crippen molar-refractivity contribution in [2.75, 3.05) is 12.3 Å². The molecule has 70 valence electrons. The fourth-order valence-electron chi connectivity index (χ4n) is 1.03. The number of nitrogen functional groups attached to an aromatic ring is 1. The number of hydrogen-bond acceptors (Lipinski definition) is 2. The van der Waals surface area contributed by atoms with Crippen LogP contribution in [0.4, 0.5) is 10.1 Å². The molecule has 2 N–H and O–H groups in total. The van der Waals surface area contributed by atoms with E-state index in [9.17, 15) is 4.39 Å². The van der Waals surface area contributed by atoms with Crippen molar-refractivity contribution in [3.05, 3.63) is 36.2 Å². The van der Waals surface area contributed by atoms with Crippen LogP contribution in [-0.4, -0.2) is 6.61 Å². The smallest absolute Gasteiger partial charge is 0.146 e. The minimum absolute atomic E-state index is 0.0842. The Labute approximate surface area is 76.8 Å². The van der Waals surface area contributed by atoms with Crippen LogP contribution < -0.4 is 5.73 Å². The zero-order valence-electron chi connectivity index (χ0n) is 7.51. The Morgan fingerprint density at radius 2 is 2.31 bits per heavy atom. The van der Waals surface area contributed by atoms with E-state index in [1.54, 1.807) is 12.1 Å². The Hall–Kier alpha value is -1.51. The van der Waals surface area contributed by atoms with Crippen LogP contribution in [-0.2, 0) is 4.74 Å². The average molecular weight is 181 g/mol. The summed E-state index contributed by atoms with van der Waals surface area (Å²) in [7, 11) is 0. The van der Waals surface area contributed by atoms with Gasteiger partial charge in [0, 0.05) is 5.56 Å². The summed E-state index contributed by atoms with van der Waals surface area (Å²) in [6.07, 6.45) is 0. The van der Waals surface area contributed by atoms with Gasteiger partial charge in [0.05, 0.1) is 12.3 Å². The molecule has 0 bridgehead atoms. The molecule has 1 aromatic rings. The van der Waals surface area contributed by atoms with Crippen LogP contribution in [0.5, 0.6) is 0 Å². The number of ether oxygens (including phenoxy) is 1. The van der Waals surface area contributed by atoms with Gasteiger partial charge in [0.1, 0.15) is 11.6 Å². The Morgan fingerprint density at radius 3 is 2.92 bits per heavy atom. The minimum Gasteiger partial charge on any atom is -0.494 e. The lowest BCUT2D eigenvalue weighted by molar-refractivity contribution is 0.299. The van der Waals surface area contributed by atoms with Gasteiger partial charge in [-0.2, -0.15) is 0 Å². The highest BCUT2D eigenvalue weighted by Gasteiger charge is 2.07. The van der Waals surface area contributed by atoms with Crippen molar-refractivity contribution in [3.8, 4) is 0 Å². The number of halogens is 1. The maximum absolute atomic E-state index is 13.0. The third-order valence-electron chi connectivity index (χ3n) is 1.67. The summed E-state index contributed by atoms with van der Waals surface area (Å²) in [5, 5.41) is 0. The summed E-state index contributed by atoms with van der Waals surface area (Å²) in [6, 6.07) is 4.56. The Morgan fingerprint density at radius 1 is 1.62 bits per heavy atom. The van der Waals surface area contributed by atoms with Crippen LogP contribution in [0.15, 0.2) is 24.8 Å². The van der Waals surface area contributed by atoms with Crippen LogP contribution in [0, 0.1) is 5.82 Å². The standard InChI is InChI=1S/C10H12FNO/c1-3-13-7(2)8-5-4-6-9(11)10(8)12/h4-6H,2-3,12H2,1H3. The number of anilines is 1. The fourth-order valence-corrected chi connectivity index (χ4v) is 1.03. The van der Waals surface area contributed by atoms with Gasteiger partial charge >= 0.3 is 0 Å². The van der Waals surface area contributed by atoms with E-state index in [1.165, 1.54) is 6.07 Å². The van der Waals surface area contributed by atoms with Gasteiger partial charge in [-0.15, -0.1) is 0 Å². The van der Waals surface area contributed by atoms with Crippen LogP contribution in [0.25, 0.3) is 5.76 Å². The van der Waals surface area contributed by atoms with Crippen LogP contribution in [0.1, 0.15) is 12.5 Å². The van der Waals surface area contributed by atoms with Gasteiger partial charge in [-0.25, -0.2) is 4.39 Å². The van der Waals surface area contributed by atoms with Gasteiger partial charge in [-0.05, 0) is 19.1 Å². The second-order valence-corrected chi connectivity index (χ2v) is 2.56. The molecular weight excluding hydrogens is 169 g/mol. The van der Waals surface area contributed by atoms with E-state index in [-0.39, 0.29) is 5.69 Å². The largest absolute Gasteiger partial charge is 0.494 e. The molecule has 0 saturated carbocycles. The zero-order chi connectivity index (χ0) is 9.84. The fraction of sp³-hybridized carbons (Fsp3) is 0.200. The van der Waals surface area contributed by atoms with Crippen molar-refractivity contribution < 1.29 is 9.13 Å². The highest BCUT2D eigenvalue weighted by atomic mass is 19.1. The Bertz CT molecular complexity index is 323. The number of rotatable bonds is 3. The summed E-state index contributed by atoms with van der Waals surface area (Å²) in [5.74, 6) is -0.0437. The summed E-state index contributed by atoms with van der Waals surface area (Å²) in [4.78, 5) is 0. The first-order valence-electron chi connectivity index (χ1n) is 4.03. The first-order chi connectivity index (χ1) is 6.16. The van der Waals surface area contributed by atoms with Crippen molar-refractivity contribution in [2.45, 2.75) is 6.92 Å². The number of nitrogens with two attached hydrogens (primary N) is 1. The van der Waals surface area contributed by atoms with E-state index in [0.29, 0.717) is 17.9 Å². The van der Waals surface area contributed by atoms with Gasteiger partial charge in [0.25, 0.3) is 0 Å². The molecule has 0 aromatic heterocycles. The lowest BCUT2D eigenvalue weighted by atomic mass is 10.1. The maximum Gasteiger partial charge on any atom is 0.146 e. The molecule has 0 aliphatic carbocycles. The molecule has 0 saturated heterocycles. The van der Waals surface area contributed by atoms with E-state index in [4.69, 9.17) is 10.5 Å². The monoisotopic (exact) mass is 181 g/mol. The molecule has 0 heterocycles. The number of benzene rings is 1. The molecule has 0 spiro atoms. The molecule has 13 heavy (non-hydrogen) atoms. The van der Waals surface area contributed by atoms with E-state index in [1.807, 2.05) is 6.92 Å². The predicted molar refractivity (Wildman–Crippen MR) is 51.5 cm³/mol. The molecular formula is C10H12FNO. The molecule has 0 unspecified atom stereocenters. The molecule has 1 rings (SSSR count). The third-order valence-corrected chi connectivity index (χ3v) is 1.67. The molecule has 0 atom stereocenters. The minimum atomic E-state index is -0.446. The molecule has 1 aromatic carbocycles. The summed E-state index contributed by atoms with van der Waals surface area (Å²) >= 11 is 0. The van der Waals surface area contributed by atoms with Crippen molar-refractivity contribution in [1.82, 2.24) is 0 Å². The van der Waals surface area contributed by atoms with Crippen molar-refractivity contribution in [2.24, 2.45) is 0 Å². The first-order valence-corrected chi connectivity index (χ1v) is 4.03. The van der Waals surface area contributed by atoms with Crippen molar-refractivity contribution in [3.63, 3.8) is 0 Å². The second kappa shape index (κ2) is 3.94. The molecule has 3 heteroatoms. The third kappa shape index (κ3) is 1.99.